The number of hydrogen-bond acceptors (Lipinski definition) is 7. The minimum atomic E-state index is -0.356. The number of rotatable bonds is 5. The van der Waals surface area contributed by atoms with E-state index in [2.05, 4.69) is 31.6 Å². The van der Waals surface area contributed by atoms with E-state index in [0.717, 1.165) is 21.6 Å². The van der Waals surface area contributed by atoms with Crippen molar-refractivity contribution in [1.29, 1.82) is 5.26 Å². The highest BCUT2D eigenvalue weighted by Crippen LogP contribution is 2.47. The molecule has 0 radical (unpaired) electrons. The molecule has 8 nitrogen and oxygen atoms in total. The summed E-state index contributed by atoms with van der Waals surface area (Å²) in [6.07, 6.45) is 2.98. The largest absolute Gasteiger partial charge is 0.322 e. The van der Waals surface area contributed by atoms with E-state index >= 15 is 0 Å². The van der Waals surface area contributed by atoms with E-state index in [4.69, 9.17) is 17.3 Å². The smallest absolute Gasteiger partial charge is 0.239 e. The van der Waals surface area contributed by atoms with Gasteiger partial charge in [0.2, 0.25) is 5.91 Å². The van der Waals surface area contributed by atoms with Crippen molar-refractivity contribution in [1.82, 2.24) is 20.2 Å². The van der Waals surface area contributed by atoms with E-state index in [1.165, 1.54) is 17.7 Å². The van der Waals surface area contributed by atoms with Gasteiger partial charge in [-0.15, -0.1) is 11.3 Å². The Morgan fingerprint density at radius 1 is 1.29 bits per heavy atom. The Balaban J connectivity index is 1.94. The molecule has 31 heavy (non-hydrogen) atoms. The number of nitrogens with one attached hydrogen (secondary N) is 2. The normalized spacial score (nSPS) is 10.6. The summed E-state index contributed by atoms with van der Waals surface area (Å²) >= 11 is 7.94. The number of carbonyl (C=O) groups excluding carboxylic acids is 1. The SMILES string of the molecule is Cc1ccc(-c2c(-c3ncn[nH]3)sc(-c3ccnc(NC(=O)CN)c3)c2C#N)c(Cl)c1. The first kappa shape index (κ1) is 20.7. The van der Waals surface area contributed by atoms with Crippen molar-refractivity contribution in [3.63, 3.8) is 0 Å². The van der Waals surface area contributed by atoms with Gasteiger partial charge in [0.25, 0.3) is 0 Å². The third kappa shape index (κ3) is 4.04. The maximum absolute atomic E-state index is 11.7. The fourth-order valence-electron chi connectivity index (χ4n) is 3.14. The second kappa shape index (κ2) is 8.65. The number of carbonyl (C=O) groups is 1. The Labute approximate surface area is 186 Å². The molecule has 154 valence electrons. The topological polar surface area (TPSA) is 133 Å². The zero-order valence-electron chi connectivity index (χ0n) is 16.3. The molecule has 4 aromatic rings. The van der Waals surface area contributed by atoms with Crippen LogP contribution in [-0.4, -0.2) is 32.6 Å². The van der Waals surface area contributed by atoms with Gasteiger partial charge in [0.15, 0.2) is 5.82 Å². The Morgan fingerprint density at radius 3 is 2.81 bits per heavy atom. The van der Waals surface area contributed by atoms with Gasteiger partial charge in [0.05, 0.1) is 21.9 Å². The van der Waals surface area contributed by atoms with Crippen molar-refractivity contribution >= 4 is 34.7 Å². The van der Waals surface area contributed by atoms with Crippen LogP contribution in [0.15, 0.2) is 42.9 Å². The van der Waals surface area contributed by atoms with Crippen LogP contribution in [-0.2, 0) is 4.79 Å². The number of aromatic amines is 1. The molecule has 4 rings (SSSR count). The fraction of sp³-hybridized carbons (Fsp3) is 0.0952. The molecule has 1 aromatic carbocycles. The van der Waals surface area contributed by atoms with Crippen LogP contribution in [0, 0.1) is 18.3 Å². The van der Waals surface area contributed by atoms with E-state index in [1.54, 1.807) is 18.3 Å². The monoisotopic (exact) mass is 449 g/mol. The maximum atomic E-state index is 11.7. The molecule has 10 heteroatoms. The van der Waals surface area contributed by atoms with Crippen molar-refractivity contribution in [2.45, 2.75) is 6.92 Å². The molecule has 0 aliphatic carbocycles. The standard InChI is InChI=1S/C21H16ClN7OS/c1-11-2-3-13(15(22)6-11)18-14(8-23)19(31-20(18)21-26-10-27-29-21)12-4-5-25-16(7-12)28-17(30)9-24/h2-7,10H,9,24H2,1H3,(H,25,28,30)(H,26,27,29). The van der Waals surface area contributed by atoms with E-state index in [1.807, 2.05) is 25.1 Å². The molecule has 3 aromatic heterocycles. The van der Waals surface area contributed by atoms with Crippen LogP contribution in [0.1, 0.15) is 11.1 Å². The number of pyridine rings is 1. The summed E-state index contributed by atoms with van der Waals surface area (Å²) in [5.74, 6) is 0.525. The van der Waals surface area contributed by atoms with Gasteiger partial charge >= 0.3 is 0 Å². The van der Waals surface area contributed by atoms with E-state index in [0.29, 0.717) is 32.7 Å². The van der Waals surface area contributed by atoms with Crippen LogP contribution in [0.5, 0.6) is 0 Å². The van der Waals surface area contributed by atoms with Gasteiger partial charge in [-0.25, -0.2) is 9.97 Å². The van der Waals surface area contributed by atoms with Crippen molar-refractivity contribution in [3.05, 3.63) is 59.0 Å². The maximum Gasteiger partial charge on any atom is 0.239 e. The average Bonchev–Trinajstić information content (AvgIpc) is 3.41. The van der Waals surface area contributed by atoms with Crippen molar-refractivity contribution < 1.29 is 4.79 Å². The molecule has 0 aliphatic heterocycles. The summed E-state index contributed by atoms with van der Waals surface area (Å²) in [4.78, 5) is 21.5. The summed E-state index contributed by atoms with van der Waals surface area (Å²) in [6.45, 7) is 1.80. The molecular weight excluding hydrogens is 434 g/mol. The summed E-state index contributed by atoms with van der Waals surface area (Å²) in [7, 11) is 0. The average molecular weight is 450 g/mol. The number of nitrogens with two attached hydrogens (primary N) is 1. The number of nitriles is 1. The predicted octanol–water partition coefficient (Wildman–Crippen LogP) is 3.99. The third-order valence-corrected chi connectivity index (χ3v) is 6.08. The molecule has 0 saturated carbocycles. The quantitative estimate of drug-likeness (QED) is 0.421. The molecule has 0 unspecified atom stereocenters. The highest BCUT2D eigenvalue weighted by molar-refractivity contribution is 7.19. The number of amides is 1. The lowest BCUT2D eigenvalue weighted by atomic mass is 9.97. The van der Waals surface area contributed by atoms with Gasteiger partial charge in [-0.2, -0.15) is 10.4 Å². The lowest BCUT2D eigenvalue weighted by molar-refractivity contribution is -0.114. The van der Waals surface area contributed by atoms with E-state index in [9.17, 15) is 10.1 Å². The number of benzene rings is 1. The zero-order chi connectivity index (χ0) is 22.0. The number of anilines is 1. The second-order valence-corrected chi connectivity index (χ2v) is 8.05. The van der Waals surface area contributed by atoms with Crippen LogP contribution >= 0.6 is 22.9 Å². The lowest BCUT2D eigenvalue weighted by Gasteiger charge is -2.07. The number of aromatic nitrogens is 4. The molecule has 0 saturated heterocycles. The zero-order valence-corrected chi connectivity index (χ0v) is 17.9. The highest BCUT2D eigenvalue weighted by Gasteiger charge is 2.25. The first-order valence-corrected chi connectivity index (χ1v) is 10.4. The molecular formula is C21H16ClN7OS. The molecule has 0 spiro atoms. The van der Waals surface area contributed by atoms with Crippen molar-refractivity contribution in [3.8, 4) is 38.3 Å². The van der Waals surface area contributed by atoms with Gasteiger partial charge in [-0.3, -0.25) is 9.89 Å². The second-order valence-electron chi connectivity index (χ2n) is 6.62. The summed E-state index contributed by atoms with van der Waals surface area (Å²) in [6, 6.07) is 11.5. The van der Waals surface area contributed by atoms with E-state index in [-0.39, 0.29) is 12.5 Å². The fourth-order valence-corrected chi connectivity index (χ4v) is 4.67. The minimum absolute atomic E-state index is 0.153. The summed E-state index contributed by atoms with van der Waals surface area (Å²) in [5, 5.41) is 20.1. The molecule has 0 aliphatic rings. The van der Waals surface area contributed by atoms with Gasteiger partial charge in [0.1, 0.15) is 18.2 Å². The molecule has 0 bridgehead atoms. The van der Waals surface area contributed by atoms with Crippen molar-refractivity contribution in [2.24, 2.45) is 5.73 Å². The van der Waals surface area contributed by atoms with Gasteiger partial charge in [-0.1, -0.05) is 23.7 Å². The van der Waals surface area contributed by atoms with Gasteiger partial charge in [0, 0.05) is 22.3 Å². The highest BCUT2D eigenvalue weighted by atomic mass is 35.5. The minimum Gasteiger partial charge on any atom is -0.322 e. The van der Waals surface area contributed by atoms with Crippen LogP contribution in [0.25, 0.3) is 32.3 Å². The van der Waals surface area contributed by atoms with Crippen LogP contribution in [0.3, 0.4) is 0 Å². The number of hydrogen-bond donors (Lipinski definition) is 3. The van der Waals surface area contributed by atoms with Crippen LogP contribution in [0.4, 0.5) is 5.82 Å². The molecule has 3 heterocycles. The number of thiophene rings is 1. The first-order valence-electron chi connectivity index (χ1n) is 9.17. The van der Waals surface area contributed by atoms with Crippen LogP contribution < -0.4 is 11.1 Å². The Bertz CT molecular complexity index is 1310. The Hall–Kier alpha value is -3.58. The number of halogens is 1. The number of H-pyrrole nitrogens is 1. The van der Waals surface area contributed by atoms with Crippen LogP contribution in [0.2, 0.25) is 5.02 Å². The molecule has 0 fully saturated rings. The summed E-state index contributed by atoms with van der Waals surface area (Å²) < 4.78 is 0. The summed E-state index contributed by atoms with van der Waals surface area (Å²) in [5.41, 5.74) is 8.95. The molecule has 0 atom stereocenters. The predicted molar refractivity (Wildman–Crippen MR) is 121 cm³/mol. The molecule has 1 amide bonds. The first-order chi connectivity index (χ1) is 15.0. The number of aryl methyl sites for hydroxylation is 1. The third-order valence-electron chi connectivity index (χ3n) is 4.52. The van der Waals surface area contributed by atoms with Crippen molar-refractivity contribution in [2.75, 3.05) is 11.9 Å². The lowest BCUT2D eigenvalue weighted by Crippen LogP contribution is -2.22. The Kier molecular flexibility index (Phi) is 5.77. The number of nitrogens with zero attached hydrogens (tertiary/aromatic N) is 4. The Morgan fingerprint density at radius 2 is 2.13 bits per heavy atom. The van der Waals surface area contributed by atoms with E-state index < -0.39 is 0 Å². The molecule has 4 N–H and O–H groups in total. The van der Waals surface area contributed by atoms with Gasteiger partial charge in [-0.05, 0) is 36.2 Å². The van der Waals surface area contributed by atoms with Gasteiger partial charge < -0.3 is 11.1 Å².